The molecule has 4 heterocycles. The summed E-state index contributed by atoms with van der Waals surface area (Å²) in [5.41, 5.74) is 10.0. The van der Waals surface area contributed by atoms with Gasteiger partial charge in [-0.2, -0.15) is 0 Å². The van der Waals surface area contributed by atoms with Crippen LogP contribution >= 0.6 is 0 Å². The maximum atomic E-state index is 14.5. The van der Waals surface area contributed by atoms with Gasteiger partial charge in [-0.25, -0.2) is 0 Å². The summed E-state index contributed by atoms with van der Waals surface area (Å²) < 4.78 is 0. The molecule has 2 N–H and O–H groups in total. The molecule has 0 atom stereocenters. The SMILES string of the molecule is CCCCCCN1C(=O)c2ccc3c4c(N5CCCC5)cc5c6c(ccc(c7c(N8CCCC8)cc(c2c37)C1=O)c64)C(=O)N(CCCCCCN)C5=O. The number of fused-ring (bicyclic) bond motifs is 2. The summed E-state index contributed by atoms with van der Waals surface area (Å²) in [5, 5.41) is 7.29. The molecule has 2 fully saturated rings. The average molecular weight is 712 g/mol. The second kappa shape index (κ2) is 13.6. The Kier molecular flexibility index (Phi) is 8.72. The van der Waals surface area contributed by atoms with E-state index in [-0.39, 0.29) is 23.6 Å². The predicted molar refractivity (Wildman–Crippen MR) is 213 cm³/mol. The van der Waals surface area contributed by atoms with Crippen LogP contribution in [0.2, 0.25) is 0 Å². The van der Waals surface area contributed by atoms with E-state index in [1.807, 2.05) is 18.2 Å². The summed E-state index contributed by atoms with van der Waals surface area (Å²) in [6.45, 7) is 7.12. The molecule has 9 rings (SSSR count). The van der Waals surface area contributed by atoms with Gasteiger partial charge in [0.15, 0.2) is 0 Å². The van der Waals surface area contributed by atoms with Crippen molar-refractivity contribution in [2.75, 3.05) is 55.6 Å². The van der Waals surface area contributed by atoms with Crippen LogP contribution in [0.3, 0.4) is 0 Å². The van der Waals surface area contributed by atoms with Crippen LogP contribution in [0.5, 0.6) is 0 Å². The molecule has 0 bridgehead atoms. The highest BCUT2D eigenvalue weighted by Gasteiger charge is 2.39. The lowest BCUT2D eigenvalue weighted by Crippen LogP contribution is -2.41. The number of nitrogens with two attached hydrogens (primary N) is 1. The van der Waals surface area contributed by atoms with E-state index < -0.39 is 0 Å². The van der Waals surface area contributed by atoms with Crippen molar-refractivity contribution in [2.45, 2.75) is 84.0 Å². The summed E-state index contributed by atoms with van der Waals surface area (Å²) in [6.07, 6.45) is 11.8. The largest absolute Gasteiger partial charge is 0.371 e. The fraction of sp³-hybridized carbons (Fsp3) is 0.455. The summed E-state index contributed by atoms with van der Waals surface area (Å²) in [5.74, 6) is -0.894. The molecule has 0 radical (unpaired) electrons. The van der Waals surface area contributed by atoms with Gasteiger partial charge in [-0.3, -0.25) is 29.0 Å². The molecule has 9 nitrogen and oxygen atoms in total. The van der Waals surface area contributed by atoms with E-state index in [0.29, 0.717) is 41.9 Å². The molecule has 0 spiro atoms. The highest BCUT2D eigenvalue weighted by atomic mass is 16.2. The quantitative estimate of drug-likeness (QED) is 0.0568. The number of anilines is 2. The van der Waals surface area contributed by atoms with Crippen molar-refractivity contribution >= 4 is 78.1 Å². The Bertz CT molecular complexity index is 2320. The van der Waals surface area contributed by atoms with Gasteiger partial charge in [-0.1, -0.05) is 51.2 Å². The minimum atomic E-state index is -0.237. The van der Waals surface area contributed by atoms with E-state index in [2.05, 4.69) is 34.9 Å². The molecule has 53 heavy (non-hydrogen) atoms. The Morgan fingerprint density at radius 1 is 0.491 bits per heavy atom. The van der Waals surface area contributed by atoms with Crippen LogP contribution in [-0.4, -0.2) is 79.2 Å². The van der Waals surface area contributed by atoms with E-state index >= 15 is 0 Å². The van der Waals surface area contributed by atoms with Gasteiger partial charge in [-0.15, -0.1) is 0 Å². The van der Waals surface area contributed by atoms with Crippen LogP contribution in [0.15, 0.2) is 36.4 Å². The molecule has 0 unspecified atom stereocenters. The number of carbonyl (C=O) groups excluding carboxylic acids is 4. The van der Waals surface area contributed by atoms with Gasteiger partial charge in [0.2, 0.25) is 0 Å². The average Bonchev–Trinajstić information content (AvgIpc) is 3.92. The first-order valence-corrected chi connectivity index (χ1v) is 20.1. The molecule has 5 aromatic rings. The van der Waals surface area contributed by atoms with E-state index in [1.165, 1.54) is 9.80 Å². The lowest BCUT2D eigenvalue weighted by atomic mass is 9.80. The normalized spacial score (nSPS) is 17.5. The first-order valence-electron chi connectivity index (χ1n) is 20.1. The van der Waals surface area contributed by atoms with Gasteiger partial charge in [0, 0.05) is 94.1 Å². The third kappa shape index (κ3) is 5.21. The maximum absolute atomic E-state index is 14.5. The molecule has 274 valence electrons. The summed E-state index contributed by atoms with van der Waals surface area (Å²) in [7, 11) is 0. The zero-order valence-electron chi connectivity index (χ0n) is 30.9. The van der Waals surface area contributed by atoms with E-state index in [9.17, 15) is 19.2 Å². The highest BCUT2D eigenvalue weighted by Crippen LogP contribution is 2.52. The monoisotopic (exact) mass is 711 g/mol. The molecule has 4 aliphatic heterocycles. The van der Waals surface area contributed by atoms with E-state index in [4.69, 9.17) is 5.73 Å². The third-order valence-electron chi connectivity index (χ3n) is 12.4. The Labute approximate surface area is 310 Å². The van der Waals surface area contributed by atoms with Crippen LogP contribution in [0.4, 0.5) is 11.4 Å². The number of hydrogen-bond donors (Lipinski definition) is 1. The van der Waals surface area contributed by atoms with Gasteiger partial charge in [0.1, 0.15) is 0 Å². The highest BCUT2D eigenvalue weighted by molar-refractivity contribution is 6.44. The predicted octanol–water partition coefficient (Wildman–Crippen LogP) is 8.23. The Balaban J connectivity index is 1.32. The smallest absolute Gasteiger partial charge is 0.261 e. The summed E-state index contributed by atoms with van der Waals surface area (Å²) in [6, 6.07) is 12.1. The van der Waals surface area contributed by atoms with Crippen LogP contribution < -0.4 is 15.5 Å². The minimum Gasteiger partial charge on any atom is -0.371 e. The van der Waals surface area contributed by atoms with Crippen molar-refractivity contribution in [2.24, 2.45) is 5.73 Å². The van der Waals surface area contributed by atoms with Gasteiger partial charge >= 0.3 is 0 Å². The van der Waals surface area contributed by atoms with Crippen molar-refractivity contribution in [1.29, 1.82) is 0 Å². The Morgan fingerprint density at radius 2 is 0.906 bits per heavy atom. The molecule has 0 aromatic heterocycles. The zero-order chi connectivity index (χ0) is 36.4. The first-order chi connectivity index (χ1) is 25.9. The lowest BCUT2D eigenvalue weighted by molar-refractivity contribution is 0.0592. The number of unbranched alkanes of at least 4 members (excludes halogenated alkanes) is 6. The lowest BCUT2D eigenvalue weighted by Gasteiger charge is -2.33. The van der Waals surface area contributed by atoms with Gasteiger partial charge in [0.25, 0.3) is 23.6 Å². The maximum Gasteiger partial charge on any atom is 0.261 e. The van der Waals surface area contributed by atoms with Gasteiger partial charge in [-0.05, 0) is 86.5 Å². The fourth-order valence-corrected chi connectivity index (χ4v) is 9.81. The fourth-order valence-electron chi connectivity index (χ4n) is 9.81. The first kappa shape index (κ1) is 34.0. The molecular formula is C44H49N5O4. The van der Waals surface area contributed by atoms with Crippen LogP contribution in [0.1, 0.15) is 125 Å². The van der Waals surface area contributed by atoms with Crippen molar-refractivity contribution in [1.82, 2.24) is 9.80 Å². The Morgan fingerprint density at radius 3 is 1.34 bits per heavy atom. The molecule has 0 aliphatic carbocycles. The van der Waals surface area contributed by atoms with Crippen molar-refractivity contribution in [3.8, 4) is 0 Å². The number of hydrogen-bond acceptors (Lipinski definition) is 7. The van der Waals surface area contributed by atoms with Gasteiger partial charge in [0.05, 0.1) is 11.1 Å². The molecule has 0 saturated carbocycles. The molecule has 4 aliphatic rings. The molecule has 2 saturated heterocycles. The van der Waals surface area contributed by atoms with Crippen molar-refractivity contribution in [3.63, 3.8) is 0 Å². The van der Waals surface area contributed by atoms with Crippen molar-refractivity contribution in [3.05, 3.63) is 58.7 Å². The van der Waals surface area contributed by atoms with Crippen molar-refractivity contribution < 1.29 is 19.2 Å². The molecule has 5 aromatic carbocycles. The Hall–Kier alpha value is -4.76. The molecular weight excluding hydrogens is 663 g/mol. The summed E-state index contributed by atoms with van der Waals surface area (Å²) >= 11 is 0. The van der Waals surface area contributed by atoms with Crippen LogP contribution in [0.25, 0.3) is 43.1 Å². The second-order valence-electron chi connectivity index (χ2n) is 15.6. The number of amides is 4. The van der Waals surface area contributed by atoms with Crippen LogP contribution in [0, 0.1) is 0 Å². The number of rotatable bonds is 13. The third-order valence-corrected chi connectivity index (χ3v) is 12.4. The second-order valence-corrected chi connectivity index (χ2v) is 15.6. The number of nitrogens with zero attached hydrogens (tertiary/aromatic N) is 4. The summed E-state index contributed by atoms with van der Waals surface area (Å²) in [4.78, 5) is 65.1. The van der Waals surface area contributed by atoms with E-state index in [1.54, 1.807) is 0 Å². The van der Waals surface area contributed by atoms with Gasteiger partial charge < -0.3 is 15.5 Å². The molecule has 9 heteroatoms. The number of imide groups is 2. The topological polar surface area (TPSA) is 107 Å². The zero-order valence-corrected chi connectivity index (χ0v) is 30.9. The molecule has 4 amide bonds. The standard InChI is InChI=1S/C44H49N5O4/c1-2-3-4-8-23-48-41(50)29-16-14-27-38-34(47-21-12-13-22-47)26-32-36-30(42(51)49(44(32)53)24-9-6-5-7-18-45)17-15-28(40(36)38)37-33(46-19-10-11-20-46)25-31(43(48)52)35(29)39(27)37/h14-17,25-26H,2-13,18-24,45H2,1H3. The van der Waals surface area contributed by atoms with E-state index in [0.717, 1.165) is 158 Å². The number of benzene rings is 5. The van der Waals surface area contributed by atoms with Crippen LogP contribution in [-0.2, 0) is 0 Å². The minimum absolute atomic E-state index is 0.210. The number of carbonyl (C=O) groups is 4.